The highest BCUT2D eigenvalue weighted by atomic mass is 19.3. The molecule has 0 unspecified atom stereocenters. The van der Waals surface area contributed by atoms with E-state index in [-0.39, 0.29) is 11.4 Å². The standard InChI is InChI=1S/C17H16F2N2O3/c18-15(19)9-24-13-6-7-20-14(8-13)16(22)21-17(10-23-11-17)12-4-2-1-3-5-12/h1-8,15H,9-11H2,(H,21,22). The van der Waals surface area contributed by atoms with Gasteiger partial charge >= 0.3 is 0 Å². The molecule has 1 aromatic carbocycles. The van der Waals surface area contributed by atoms with Crippen LogP contribution in [0.2, 0.25) is 0 Å². The molecule has 0 saturated carbocycles. The van der Waals surface area contributed by atoms with E-state index in [1.165, 1.54) is 18.3 Å². The van der Waals surface area contributed by atoms with Crippen molar-refractivity contribution in [1.29, 1.82) is 0 Å². The Hall–Kier alpha value is -2.54. The SMILES string of the molecule is O=C(NC1(c2ccccc2)COC1)c1cc(OCC(F)F)ccn1. The van der Waals surface area contributed by atoms with Gasteiger partial charge in [0.1, 0.15) is 23.6 Å². The number of nitrogens with zero attached hydrogens (tertiary/aromatic N) is 1. The smallest absolute Gasteiger partial charge is 0.272 e. The van der Waals surface area contributed by atoms with Gasteiger partial charge in [0.2, 0.25) is 0 Å². The fourth-order valence-corrected chi connectivity index (χ4v) is 2.44. The molecule has 1 aromatic heterocycles. The highest BCUT2D eigenvalue weighted by Crippen LogP contribution is 2.29. The first-order valence-corrected chi connectivity index (χ1v) is 7.42. The van der Waals surface area contributed by atoms with E-state index in [4.69, 9.17) is 9.47 Å². The predicted molar refractivity (Wildman–Crippen MR) is 82.1 cm³/mol. The number of hydrogen-bond donors (Lipinski definition) is 1. The Morgan fingerprint density at radius 3 is 2.67 bits per heavy atom. The number of pyridine rings is 1. The molecule has 0 radical (unpaired) electrons. The second-order valence-electron chi connectivity index (χ2n) is 5.47. The maximum Gasteiger partial charge on any atom is 0.272 e. The van der Waals surface area contributed by atoms with Crippen LogP contribution in [0.1, 0.15) is 16.1 Å². The molecule has 2 aromatic rings. The molecule has 1 saturated heterocycles. The van der Waals surface area contributed by atoms with Crippen molar-refractivity contribution in [3.8, 4) is 5.75 Å². The van der Waals surface area contributed by atoms with E-state index in [0.717, 1.165) is 5.56 Å². The summed E-state index contributed by atoms with van der Waals surface area (Å²) >= 11 is 0. The molecule has 0 spiro atoms. The van der Waals surface area contributed by atoms with Crippen LogP contribution in [0, 0.1) is 0 Å². The summed E-state index contributed by atoms with van der Waals surface area (Å²) in [5.74, 6) is -0.237. The van der Waals surface area contributed by atoms with Crippen molar-refractivity contribution in [2.75, 3.05) is 19.8 Å². The van der Waals surface area contributed by atoms with Gasteiger partial charge in [-0.1, -0.05) is 30.3 Å². The van der Waals surface area contributed by atoms with Gasteiger partial charge in [0.15, 0.2) is 0 Å². The Morgan fingerprint density at radius 1 is 1.29 bits per heavy atom. The number of alkyl halides is 2. The van der Waals surface area contributed by atoms with E-state index in [9.17, 15) is 13.6 Å². The first kappa shape index (κ1) is 16.3. The van der Waals surface area contributed by atoms with E-state index < -0.39 is 24.5 Å². The van der Waals surface area contributed by atoms with Crippen molar-refractivity contribution in [3.63, 3.8) is 0 Å². The lowest BCUT2D eigenvalue weighted by atomic mass is 9.88. The topological polar surface area (TPSA) is 60.5 Å². The van der Waals surface area contributed by atoms with E-state index in [1.54, 1.807) is 0 Å². The number of hydrogen-bond acceptors (Lipinski definition) is 4. The van der Waals surface area contributed by atoms with Crippen LogP contribution in [0.5, 0.6) is 5.75 Å². The molecule has 1 N–H and O–H groups in total. The van der Waals surface area contributed by atoms with Crippen LogP contribution in [-0.2, 0) is 10.3 Å². The summed E-state index contributed by atoms with van der Waals surface area (Å²) in [7, 11) is 0. The normalized spacial score (nSPS) is 15.6. The van der Waals surface area contributed by atoms with E-state index in [0.29, 0.717) is 13.2 Å². The number of nitrogens with one attached hydrogen (secondary N) is 1. The molecule has 0 aliphatic carbocycles. The van der Waals surface area contributed by atoms with Crippen LogP contribution < -0.4 is 10.1 Å². The van der Waals surface area contributed by atoms with Gasteiger partial charge in [-0.25, -0.2) is 8.78 Å². The van der Waals surface area contributed by atoms with Crippen molar-refractivity contribution in [2.45, 2.75) is 12.0 Å². The summed E-state index contributed by atoms with van der Waals surface area (Å²) in [4.78, 5) is 16.5. The maximum atomic E-state index is 12.5. The fourth-order valence-electron chi connectivity index (χ4n) is 2.44. The summed E-state index contributed by atoms with van der Waals surface area (Å²) in [5, 5.41) is 2.92. The van der Waals surface area contributed by atoms with Gasteiger partial charge in [-0.3, -0.25) is 9.78 Å². The van der Waals surface area contributed by atoms with Crippen LogP contribution in [0.3, 0.4) is 0 Å². The summed E-state index contributed by atoms with van der Waals surface area (Å²) in [5.41, 5.74) is 0.443. The Morgan fingerprint density at radius 2 is 2.04 bits per heavy atom. The molecule has 1 amide bonds. The van der Waals surface area contributed by atoms with Gasteiger partial charge < -0.3 is 14.8 Å². The van der Waals surface area contributed by atoms with Gasteiger partial charge in [0, 0.05) is 12.3 Å². The van der Waals surface area contributed by atoms with Crippen LogP contribution >= 0.6 is 0 Å². The zero-order valence-electron chi connectivity index (χ0n) is 12.7. The molecule has 1 aliphatic heterocycles. The van der Waals surface area contributed by atoms with E-state index in [2.05, 4.69) is 10.3 Å². The fraction of sp³-hybridized carbons (Fsp3) is 0.294. The monoisotopic (exact) mass is 334 g/mol. The summed E-state index contributed by atoms with van der Waals surface area (Å²) in [6.45, 7) is 0.00151. The van der Waals surface area contributed by atoms with Gasteiger partial charge in [0.25, 0.3) is 12.3 Å². The lowest BCUT2D eigenvalue weighted by molar-refractivity contribution is -0.0734. The van der Waals surface area contributed by atoms with Crippen molar-refractivity contribution in [3.05, 3.63) is 59.9 Å². The number of ether oxygens (including phenoxy) is 2. The van der Waals surface area contributed by atoms with Crippen molar-refractivity contribution in [1.82, 2.24) is 10.3 Å². The molecule has 0 atom stereocenters. The maximum absolute atomic E-state index is 12.5. The molecule has 7 heteroatoms. The van der Waals surface area contributed by atoms with Gasteiger partial charge in [0.05, 0.1) is 13.2 Å². The average Bonchev–Trinajstić information content (AvgIpc) is 2.57. The number of aromatic nitrogens is 1. The largest absolute Gasteiger partial charge is 0.488 e. The molecular weight excluding hydrogens is 318 g/mol. The van der Waals surface area contributed by atoms with Crippen LogP contribution in [0.25, 0.3) is 0 Å². The number of carbonyl (C=O) groups is 1. The lowest BCUT2D eigenvalue weighted by Crippen LogP contribution is -2.59. The number of rotatable bonds is 6. The second-order valence-corrected chi connectivity index (χ2v) is 5.47. The second kappa shape index (κ2) is 6.92. The Kier molecular flexibility index (Phi) is 4.71. The minimum Gasteiger partial charge on any atom is -0.488 e. The highest BCUT2D eigenvalue weighted by Gasteiger charge is 2.42. The molecule has 3 rings (SSSR count). The number of carbonyl (C=O) groups excluding carboxylic acids is 1. The zero-order chi connectivity index (χ0) is 17.0. The molecule has 126 valence electrons. The van der Waals surface area contributed by atoms with Crippen LogP contribution in [-0.4, -0.2) is 37.1 Å². The number of halogens is 2. The van der Waals surface area contributed by atoms with E-state index in [1.807, 2.05) is 30.3 Å². The predicted octanol–water partition coefficient (Wildman–Crippen LogP) is 2.38. The van der Waals surface area contributed by atoms with Crippen LogP contribution in [0.4, 0.5) is 8.78 Å². The summed E-state index contributed by atoms with van der Waals surface area (Å²) in [6.07, 6.45) is -1.23. The van der Waals surface area contributed by atoms with Gasteiger partial charge in [-0.05, 0) is 11.6 Å². The van der Waals surface area contributed by atoms with Gasteiger partial charge in [-0.2, -0.15) is 0 Å². The van der Waals surface area contributed by atoms with Crippen LogP contribution in [0.15, 0.2) is 48.7 Å². The van der Waals surface area contributed by atoms with Crippen molar-refractivity contribution in [2.24, 2.45) is 0 Å². The highest BCUT2D eigenvalue weighted by molar-refractivity contribution is 5.93. The third kappa shape index (κ3) is 3.51. The molecule has 1 aliphatic rings. The Bertz CT molecular complexity index is 706. The summed E-state index contributed by atoms with van der Waals surface area (Å²) < 4.78 is 34.6. The molecule has 0 bridgehead atoms. The first-order chi connectivity index (χ1) is 11.6. The average molecular weight is 334 g/mol. The van der Waals surface area contributed by atoms with Gasteiger partial charge in [-0.15, -0.1) is 0 Å². The molecular formula is C17H16F2N2O3. The summed E-state index contributed by atoms with van der Waals surface area (Å²) in [6, 6.07) is 12.3. The zero-order valence-corrected chi connectivity index (χ0v) is 12.7. The Labute approximate surface area is 137 Å². The number of amides is 1. The Balaban J connectivity index is 1.73. The van der Waals surface area contributed by atoms with E-state index >= 15 is 0 Å². The third-order valence-corrected chi connectivity index (χ3v) is 3.72. The molecule has 1 fully saturated rings. The minimum absolute atomic E-state index is 0.101. The molecule has 24 heavy (non-hydrogen) atoms. The minimum atomic E-state index is -2.58. The molecule has 5 nitrogen and oxygen atoms in total. The quantitative estimate of drug-likeness (QED) is 0.881. The number of benzene rings is 1. The van der Waals surface area contributed by atoms with Crippen molar-refractivity contribution < 1.29 is 23.0 Å². The third-order valence-electron chi connectivity index (χ3n) is 3.72. The lowest BCUT2D eigenvalue weighted by Gasteiger charge is -2.42. The molecule has 2 heterocycles. The first-order valence-electron chi connectivity index (χ1n) is 7.42. The van der Waals surface area contributed by atoms with Crippen molar-refractivity contribution >= 4 is 5.91 Å².